The van der Waals surface area contributed by atoms with Gasteiger partial charge >= 0.3 is 0 Å². The highest BCUT2D eigenvalue weighted by atomic mass is 16.2. The Bertz CT molecular complexity index is 659. The Hall–Kier alpha value is -1.90. The molecule has 5 aliphatic rings. The van der Waals surface area contributed by atoms with E-state index < -0.39 is 0 Å². The van der Waals surface area contributed by atoms with Gasteiger partial charge in [-0.1, -0.05) is 42.5 Å². The molecular weight excluding hydrogens is 274 g/mol. The van der Waals surface area contributed by atoms with Crippen LogP contribution in [-0.4, -0.2) is 16.7 Å². The monoisotopic (exact) mass is 293 g/mol. The zero-order chi connectivity index (χ0) is 15.0. The smallest absolute Gasteiger partial charge is 0.234 e. The van der Waals surface area contributed by atoms with Gasteiger partial charge in [0.05, 0.1) is 17.9 Å². The summed E-state index contributed by atoms with van der Waals surface area (Å²) in [7, 11) is 0. The summed E-state index contributed by atoms with van der Waals surface area (Å²) in [6.45, 7) is 1.97. The van der Waals surface area contributed by atoms with Gasteiger partial charge in [0.1, 0.15) is 0 Å². The second-order valence-electron chi connectivity index (χ2n) is 7.29. The number of benzene rings is 1. The fraction of sp³-hybridized carbons (Fsp3) is 0.474. The van der Waals surface area contributed by atoms with Crippen LogP contribution in [-0.2, 0) is 9.59 Å². The molecule has 1 aromatic rings. The normalized spacial score (nSPS) is 42.3. The molecule has 0 aromatic heterocycles. The molecule has 1 heterocycles. The van der Waals surface area contributed by atoms with Crippen molar-refractivity contribution in [1.82, 2.24) is 4.90 Å². The third-order valence-corrected chi connectivity index (χ3v) is 6.37. The number of amides is 2. The van der Waals surface area contributed by atoms with Gasteiger partial charge in [0, 0.05) is 0 Å². The van der Waals surface area contributed by atoms with E-state index in [2.05, 4.69) is 12.2 Å². The number of nitrogens with zero attached hydrogens (tertiary/aromatic N) is 1. The van der Waals surface area contributed by atoms with Gasteiger partial charge in [-0.3, -0.25) is 14.5 Å². The second kappa shape index (κ2) is 4.09. The van der Waals surface area contributed by atoms with Crippen molar-refractivity contribution in [1.29, 1.82) is 0 Å². The Morgan fingerprint density at radius 2 is 1.50 bits per heavy atom. The molecule has 6 rings (SSSR count). The van der Waals surface area contributed by atoms with Crippen LogP contribution in [0.2, 0.25) is 0 Å². The molecule has 7 atom stereocenters. The summed E-state index contributed by atoms with van der Waals surface area (Å²) in [5.41, 5.74) is 1.04. The number of hydrogen-bond acceptors (Lipinski definition) is 2. The zero-order valence-electron chi connectivity index (χ0n) is 12.6. The van der Waals surface area contributed by atoms with Crippen molar-refractivity contribution in [2.75, 3.05) is 0 Å². The van der Waals surface area contributed by atoms with Crippen molar-refractivity contribution in [3.63, 3.8) is 0 Å². The largest absolute Gasteiger partial charge is 0.275 e. The summed E-state index contributed by atoms with van der Waals surface area (Å²) in [5.74, 6) is 1.91. The molecule has 3 heteroatoms. The van der Waals surface area contributed by atoms with Crippen molar-refractivity contribution < 1.29 is 9.59 Å². The predicted molar refractivity (Wildman–Crippen MR) is 81.4 cm³/mol. The minimum atomic E-state index is -0.164. The summed E-state index contributed by atoms with van der Waals surface area (Å²) in [4.78, 5) is 27.5. The van der Waals surface area contributed by atoms with Crippen LogP contribution in [0.3, 0.4) is 0 Å². The fourth-order valence-electron chi connectivity index (χ4n) is 5.24. The number of imide groups is 1. The fourth-order valence-corrected chi connectivity index (χ4v) is 5.24. The van der Waals surface area contributed by atoms with Crippen molar-refractivity contribution in [3.8, 4) is 0 Å². The van der Waals surface area contributed by atoms with Crippen molar-refractivity contribution in [2.24, 2.45) is 35.5 Å². The Morgan fingerprint density at radius 1 is 0.955 bits per heavy atom. The molecule has 1 saturated heterocycles. The summed E-state index contributed by atoms with van der Waals surface area (Å²) in [5, 5.41) is 0. The van der Waals surface area contributed by atoms with Crippen LogP contribution >= 0.6 is 0 Å². The molecule has 2 amide bonds. The number of allylic oxidation sites excluding steroid dienone is 2. The van der Waals surface area contributed by atoms with E-state index in [1.807, 2.05) is 37.3 Å². The van der Waals surface area contributed by atoms with Gasteiger partial charge in [0.15, 0.2) is 0 Å². The van der Waals surface area contributed by atoms with Gasteiger partial charge in [0.25, 0.3) is 0 Å². The maximum absolute atomic E-state index is 13.0. The highest BCUT2D eigenvalue weighted by Gasteiger charge is 2.67. The quantitative estimate of drug-likeness (QED) is 0.621. The molecule has 3 fully saturated rings. The van der Waals surface area contributed by atoms with E-state index in [4.69, 9.17) is 0 Å². The lowest BCUT2D eigenvalue weighted by Crippen LogP contribution is -2.40. The van der Waals surface area contributed by atoms with Crippen molar-refractivity contribution >= 4 is 11.8 Å². The Morgan fingerprint density at radius 3 is 2.05 bits per heavy atom. The highest BCUT2D eigenvalue weighted by Crippen LogP contribution is 2.65. The predicted octanol–water partition coefficient (Wildman–Crippen LogP) is 2.80. The van der Waals surface area contributed by atoms with Crippen LogP contribution in [0.25, 0.3) is 0 Å². The number of rotatable bonds is 2. The van der Waals surface area contributed by atoms with Gasteiger partial charge in [-0.2, -0.15) is 0 Å². The molecule has 0 radical (unpaired) electrons. The van der Waals surface area contributed by atoms with Crippen molar-refractivity contribution in [3.05, 3.63) is 48.0 Å². The molecule has 1 aromatic carbocycles. The first-order valence-electron chi connectivity index (χ1n) is 8.28. The van der Waals surface area contributed by atoms with Gasteiger partial charge in [0.2, 0.25) is 11.8 Å². The first-order chi connectivity index (χ1) is 10.7. The highest BCUT2D eigenvalue weighted by molar-refractivity contribution is 6.06. The van der Waals surface area contributed by atoms with E-state index in [9.17, 15) is 9.59 Å². The summed E-state index contributed by atoms with van der Waals surface area (Å²) < 4.78 is 0. The third-order valence-electron chi connectivity index (χ3n) is 6.37. The molecule has 0 spiro atoms. The Balaban J connectivity index is 1.52. The van der Waals surface area contributed by atoms with Crippen LogP contribution in [0.5, 0.6) is 0 Å². The van der Waals surface area contributed by atoms with E-state index in [-0.39, 0.29) is 29.7 Å². The lowest BCUT2D eigenvalue weighted by molar-refractivity contribution is -0.142. The molecule has 4 aliphatic carbocycles. The number of carbonyl (C=O) groups is 2. The molecule has 0 N–H and O–H groups in total. The first-order valence-corrected chi connectivity index (χ1v) is 8.28. The average Bonchev–Trinajstić information content (AvgIpc) is 3.32. The summed E-state index contributed by atoms with van der Waals surface area (Å²) in [6.07, 6.45) is 5.66. The van der Waals surface area contributed by atoms with Crippen LogP contribution in [0.15, 0.2) is 42.5 Å². The number of carbonyl (C=O) groups excluding carboxylic acids is 2. The minimum Gasteiger partial charge on any atom is -0.275 e. The molecule has 3 nitrogen and oxygen atoms in total. The maximum Gasteiger partial charge on any atom is 0.234 e. The zero-order valence-corrected chi connectivity index (χ0v) is 12.6. The van der Waals surface area contributed by atoms with Crippen LogP contribution in [0.4, 0.5) is 0 Å². The molecule has 2 saturated carbocycles. The molecule has 2 bridgehead atoms. The second-order valence-corrected chi connectivity index (χ2v) is 7.29. The van der Waals surface area contributed by atoms with E-state index in [1.54, 1.807) is 4.90 Å². The maximum atomic E-state index is 13.0. The summed E-state index contributed by atoms with van der Waals surface area (Å²) in [6, 6.07) is 9.72. The Labute approximate surface area is 130 Å². The van der Waals surface area contributed by atoms with E-state index in [1.165, 1.54) is 6.42 Å². The number of likely N-dealkylation sites (tertiary alicyclic amines) is 1. The molecule has 22 heavy (non-hydrogen) atoms. The molecule has 0 unspecified atom stereocenters. The van der Waals surface area contributed by atoms with E-state index in [0.717, 1.165) is 5.56 Å². The first kappa shape index (κ1) is 12.6. The standard InChI is InChI=1S/C19H19NO2/c1-10(11-5-3-2-4-6-11)20-18(21)16-12-7-8-13(15-9-14(12)15)17(16)19(20)22/h2-8,10,12-17H,9H2,1H3/t10-,12-,13-,14-,15-,16-,17+/m1/s1. The Kier molecular flexibility index (Phi) is 2.35. The van der Waals surface area contributed by atoms with Gasteiger partial charge < -0.3 is 0 Å². The van der Waals surface area contributed by atoms with Crippen LogP contribution in [0.1, 0.15) is 24.9 Å². The minimum absolute atomic E-state index is 0.0658. The SMILES string of the molecule is C[C@H](c1ccccc1)N1C(=O)[C@@H]2[C@@H]3C=C[C@H]([C@H]4C[C@H]34)[C@@H]2C1=O. The molecule has 1 aliphatic heterocycles. The topological polar surface area (TPSA) is 37.4 Å². The lowest BCUT2D eigenvalue weighted by Gasteiger charge is -2.37. The van der Waals surface area contributed by atoms with Crippen LogP contribution < -0.4 is 0 Å². The van der Waals surface area contributed by atoms with Gasteiger partial charge in [-0.25, -0.2) is 0 Å². The van der Waals surface area contributed by atoms with Crippen LogP contribution in [0, 0.1) is 35.5 Å². The molecular formula is C19H19NO2. The lowest BCUT2D eigenvalue weighted by atomic mass is 9.63. The van der Waals surface area contributed by atoms with E-state index >= 15 is 0 Å². The van der Waals surface area contributed by atoms with E-state index in [0.29, 0.717) is 23.7 Å². The third kappa shape index (κ3) is 1.42. The molecule has 112 valence electrons. The average molecular weight is 293 g/mol. The summed E-state index contributed by atoms with van der Waals surface area (Å²) >= 11 is 0. The van der Waals surface area contributed by atoms with Gasteiger partial charge in [-0.05, 0) is 42.6 Å². The van der Waals surface area contributed by atoms with Gasteiger partial charge in [-0.15, -0.1) is 0 Å². The van der Waals surface area contributed by atoms with Crippen molar-refractivity contribution in [2.45, 2.75) is 19.4 Å². The number of hydrogen-bond donors (Lipinski definition) is 0.